The zero-order valence-corrected chi connectivity index (χ0v) is 16.7. The number of halogens is 1. The summed E-state index contributed by atoms with van der Waals surface area (Å²) in [6.45, 7) is -0.200. The minimum absolute atomic E-state index is 0.0927. The molecule has 0 saturated heterocycles. The fraction of sp³-hybridized carbons (Fsp3) is 0.100. The van der Waals surface area contributed by atoms with Gasteiger partial charge in [-0.15, -0.1) is 21.6 Å². The Morgan fingerprint density at radius 2 is 1.83 bits per heavy atom. The van der Waals surface area contributed by atoms with Crippen LogP contribution in [0.3, 0.4) is 0 Å². The van der Waals surface area contributed by atoms with E-state index >= 15 is 0 Å². The van der Waals surface area contributed by atoms with Crippen LogP contribution in [-0.4, -0.2) is 28.7 Å². The first-order valence-corrected chi connectivity index (χ1v) is 9.70. The van der Waals surface area contributed by atoms with Gasteiger partial charge in [0.15, 0.2) is 5.69 Å². The SMILES string of the molecule is COC(=O)Cn1c(O)c(N=NC(=O)c2sc3ccccc3c2Cl)c2ccccc21. The van der Waals surface area contributed by atoms with Crippen molar-refractivity contribution in [2.75, 3.05) is 7.11 Å². The van der Waals surface area contributed by atoms with Crippen LogP contribution in [0.25, 0.3) is 21.0 Å². The van der Waals surface area contributed by atoms with E-state index in [4.69, 9.17) is 11.6 Å². The summed E-state index contributed by atoms with van der Waals surface area (Å²) >= 11 is 7.55. The average molecular weight is 428 g/mol. The predicted octanol–water partition coefficient (Wildman–Crippen LogP) is 5.31. The van der Waals surface area contributed by atoms with Gasteiger partial charge in [0.1, 0.15) is 11.4 Å². The fourth-order valence-corrected chi connectivity index (χ4v) is 4.41. The average Bonchev–Trinajstić information content (AvgIpc) is 3.21. The number of aromatic hydroxyl groups is 1. The molecular formula is C20H14ClN3O4S. The molecule has 29 heavy (non-hydrogen) atoms. The van der Waals surface area contributed by atoms with Crippen LogP contribution in [0, 0.1) is 0 Å². The van der Waals surface area contributed by atoms with E-state index in [0.717, 1.165) is 10.1 Å². The molecule has 4 aromatic rings. The number of para-hydroxylation sites is 1. The van der Waals surface area contributed by atoms with Crippen molar-refractivity contribution in [3.05, 3.63) is 58.4 Å². The van der Waals surface area contributed by atoms with Crippen LogP contribution in [0.2, 0.25) is 5.02 Å². The molecule has 9 heteroatoms. The molecule has 0 unspecified atom stereocenters. The molecule has 0 bridgehead atoms. The number of benzene rings is 2. The number of methoxy groups -OCH3 is 1. The van der Waals surface area contributed by atoms with E-state index in [-0.39, 0.29) is 23.0 Å². The van der Waals surface area contributed by atoms with Crippen LogP contribution in [0.1, 0.15) is 9.67 Å². The van der Waals surface area contributed by atoms with E-state index in [1.165, 1.54) is 23.0 Å². The summed E-state index contributed by atoms with van der Waals surface area (Å²) in [6, 6.07) is 14.4. The number of esters is 1. The summed E-state index contributed by atoms with van der Waals surface area (Å²) in [5, 5.41) is 20.0. The maximum Gasteiger partial charge on any atom is 0.325 e. The first-order valence-electron chi connectivity index (χ1n) is 8.51. The monoisotopic (exact) mass is 427 g/mol. The third-order valence-corrected chi connectivity index (χ3v) is 6.07. The predicted molar refractivity (Wildman–Crippen MR) is 111 cm³/mol. The molecule has 0 aliphatic carbocycles. The minimum atomic E-state index is -0.611. The van der Waals surface area contributed by atoms with E-state index in [0.29, 0.717) is 15.9 Å². The number of hydrogen-bond acceptors (Lipinski definition) is 6. The van der Waals surface area contributed by atoms with Crippen molar-refractivity contribution >= 4 is 61.5 Å². The smallest absolute Gasteiger partial charge is 0.325 e. The number of nitrogens with zero attached hydrogens (tertiary/aromatic N) is 3. The molecule has 2 aromatic carbocycles. The van der Waals surface area contributed by atoms with Crippen molar-refractivity contribution in [3.8, 4) is 5.88 Å². The number of amides is 1. The van der Waals surface area contributed by atoms with Gasteiger partial charge in [0.25, 0.3) is 0 Å². The Hall–Kier alpha value is -3.23. The van der Waals surface area contributed by atoms with Gasteiger partial charge in [0, 0.05) is 15.5 Å². The largest absolute Gasteiger partial charge is 0.493 e. The minimum Gasteiger partial charge on any atom is -0.493 e. The van der Waals surface area contributed by atoms with Gasteiger partial charge >= 0.3 is 11.9 Å². The summed E-state index contributed by atoms with van der Waals surface area (Å²) in [4.78, 5) is 24.5. The van der Waals surface area contributed by atoms with E-state index in [1.807, 2.05) is 24.3 Å². The maximum absolute atomic E-state index is 12.6. The third-order valence-electron chi connectivity index (χ3n) is 4.40. The molecule has 0 saturated carbocycles. The Morgan fingerprint density at radius 1 is 1.14 bits per heavy atom. The molecule has 4 rings (SSSR count). The third kappa shape index (κ3) is 3.37. The number of aromatic nitrogens is 1. The van der Waals surface area contributed by atoms with Crippen LogP contribution in [-0.2, 0) is 16.1 Å². The highest BCUT2D eigenvalue weighted by Gasteiger charge is 2.20. The molecule has 2 heterocycles. The van der Waals surface area contributed by atoms with Crippen molar-refractivity contribution < 1.29 is 19.4 Å². The molecule has 2 aromatic heterocycles. The first-order chi connectivity index (χ1) is 14.0. The van der Waals surface area contributed by atoms with Crippen molar-refractivity contribution in [1.29, 1.82) is 0 Å². The Balaban J connectivity index is 1.74. The fourth-order valence-electron chi connectivity index (χ4n) is 3.02. The van der Waals surface area contributed by atoms with E-state index in [9.17, 15) is 14.7 Å². The second-order valence-electron chi connectivity index (χ2n) is 6.10. The molecule has 146 valence electrons. The summed E-state index contributed by atoms with van der Waals surface area (Å²) in [6.07, 6.45) is 0. The number of carbonyl (C=O) groups excluding carboxylic acids is 2. The Morgan fingerprint density at radius 3 is 2.55 bits per heavy atom. The van der Waals surface area contributed by atoms with Crippen LogP contribution < -0.4 is 0 Å². The van der Waals surface area contributed by atoms with Gasteiger partial charge in [0.2, 0.25) is 5.88 Å². The van der Waals surface area contributed by atoms with Gasteiger partial charge in [-0.1, -0.05) is 48.0 Å². The zero-order chi connectivity index (χ0) is 20.5. The standard InChI is InChI=1S/C20H14ClN3O4S/c1-28-15(25)10-24-13-8-4-2-6-11(13)17(20(24)27)22-23-19(26)18-16(21)12-7-3-5-9-14(12)29-18/h2-9,27H,10H2,1H3. The van der Waals surface area contributed by atoms with Crippen LogP contribution in [0.5, 0.6) is 5.88 Å². The number of hydrogen-bond donors (Lipinski definition) is 1. The highest BCUT2D eigenvalue weighted by Crippen LogP contribution is 2.40. The summed E-state index contributed by atoms with van der Waals surface area (Å²) in [5.41, 5.74) is 0.659. The lowest BCUT2D eigenvalue weighted by Gasteiger charge is -2.04. The second kappa shape index (κ2) is 7.65. The van der Waals surface area contributed by atoms with Crippen molar-refractivity contribution in [2.45, 2.75) is 6.54 Å². The molecule has 0 atom stereocenters. The number of azo groups is 1. The molecule has 1 amide bonds. The van der Waals surface area contributed by atoms with E-state index in [1.54, 1.807) is 24.3 Å². The normalized spacial score (nSPS) is 11.5. The number of carbonyl (C=O) groups is 2. The van der Waals surface area contributed by atoms with Crippen LogP contribution in [0.15, 0.2) is 58.8 Å². The number of ether oxygens (including phenoxy) is 1. The maximum atomic E-state index is 12.6. The molecule has 0 aliphatic rings. The van der Waals surface area contributed by atoms with Gasteiger partial charge in [-0.25, -0.2) is 0 Å². The van der Waals surface area contributed by atoms with E-state index < -0.39 is 11.9 Å². The Bertz CT molecular complexity index is 1290. The van der Waals surface area contributed by atoms with Crippen molar-refractivity contribution in [3.63, 3.8) is 0 Å². The van der Waals surface area contributed by atoms with Gasteiger partial charge in [0.05, 0.1) is 17.6 Å². The molecule has 0 aliphatic heterocycles. The molecule has 0 fully saturated rings. The summed E-state index contributed by atoms with van der Waals surface area (Å²) in [7, 11) is 1.26. The number of fused-ring (bicyclic) bond motifs is 2. The Labute approximate surface area is 173 Å². The Kier molecular flexibility index (Phi) is 5.04. The van der Waals surface area contributed by atoms with Crippen molar-refractivity contribution in [1.82, 2.24) is 4.57 Å². The van der Waals surface area contributed by atoms with Crippen LogP contribution >= 0.6 is 22.9 Å². The van der Waals surface area contributed by atoms with Gasteiger partial charge < -0.3 is 9.84 Å². The zero-order valence-electron chi connectivity index (χ0n) is 15.1. The van der Waals surface area contributed by atoms with Gasteiger partial charge in [-0.3, -0.25) is 14.2 Å². The lowest BCUT2D eigenvalue weighted by molar-refractivity contribution is -0.141. The highest BCUT2D eigenvalue weighted by atomic mass is 35.5. The number of thiophene rings is 1. The molecular weight excluding hydrogens is 414 g/mol. The summed E-state index contributed by atoms with van der Waals surface area (Å²) in [5.74, 6) is -1.42. The molecule has 7 nitrogen and oxygen atoms in total. The second-order valence-corrected chi connectivity index (χ2v) is 7.53. The molecule has 0 radical (unpaired) electrons. The first kappa shape index (κ1) is 19.1. The quantitative estimate of drug-likeness (QED) is 0.352. The van der Waals surface area contributed by atoms with Crippen LogP contribution in [0.4, 0.5) is 5.69 Å². The molecule has 1 N–H and O–H groups in total. The van der Waals surface area contributed by atoms with Gasteiger partial charge in [-0.2, -0.15) is 0 Å². The van der Waals surface area contributed by atoms with E-state index in [2.05, 4.69) is 15.0 Å². The summed E-state index contributed by atoms with van der Waals surface area (Å²) < 4.78 is 6.90. The molecule has 0 spiro atoms. The topological polar surface area (TPSA) is 93.2 Å². The lowest BCUT2D eigenvalue weighted by atomic mass is 10.2. The lowest BCUT2D eigenvalue weighted by Crippen LogP contribution is -2.10. The number of rotatable bonds is 4. The van der Waals surface area contributed by atoms with Crippen molar-refractivity contribution in [2.24, 2.45) is 10.2 Å². The van der Waals surface area contributed by atoms with Gasteiger partial charge in [-0.05, 0) is 12.1 Å². The highest BCUT2D eigenvalue weighted by molar-refractivity contribution is 7.21.